The fourth-order valence-electron chi connectivity index (χ4n) is 3.48. The Morgan fingerprint density at radius 3 is 2.61 bits per heavy atom. The van der Waals surface area contributed by atoms with E-state index in [1.807, 2.05) is 51.1 Å². The normalized spacial score (nSPS) is 17.9. The van der Waals surface area contributed by atoms with Gasteiger partial charge in [0.15, 0.2) is 0 Å². The summed E-state index contributed by atoms with van der Waals surface area (Å²) >= 11 is 0. The minimum atomic E-state index is -3.61. The van der Waals surface area contributed by atoms with Crippen LogP contribution in [0.25, 0.3) is 0 Å². The van der Waals surface area contributed by atoms with Crippen molar-refractivity contribution in [2.45, 2.75) is 38.8 Å². The Bertz CT molecular complexity index is 985. The first-order valence-electron chi connectivity index (χ1n) is 9.17. The van der Waals surface area contributed by atoms with Crippen LogP contribution in [0.4, 0.5) is 5.69 Å². The first kappa shape index (κ1) is 20.2. The molecule has 1 aliphatic rings. The SMILES string of the molecule is Cc1cccc(N(CC(=O)NC2CC(C)(C)Oc3ccccc32)S(C)(=O)=O)c1. The number of hydrogen-bond donors (Lipinski definition) is 1. The van der Waals surface area contributed by atoms with Gasteiger partial charge in [-0.3, -0.25) is 9.10 Å². The molecule has 1 N–H and O–H groups in total. The molecule has 0 saturated carbocycles. The van der Waals surface area contributed by atoms with Crippen molar-refractivity contribution in [1.29, 1.82) is 0 Å². The number of benzene rings is 2. The number of sulfonamides is 1. The fourth-order valence-corrected chi connectivity index (χ4v) is 4.33. The number of amides is 1. The predicted octanol–water partition coefficient (Wildman–Crippen LogP) is 3.18. The van der Waals surface area contributed by atoms with Gasteiger partial charge in [0.1, 0.15) is 17.9 Å². The fraction of sp³-hybridized carbons (Fsp3) is 0.381. The van der Waals surface area contributed by atoms with Crippen LogP contribution in [0.1, 0.15) is 37.4 Å². The van der Waals surface area contributed by atoms with E-state index in [0.717, 1.165) is 27.4 Å². The van der Waals surface area contributed by atoms with Crippen molar-refractivity contribution in [2.75, 3.05) is 17.1 Å². The molecule has 2 aromatic carbocycles. The molecule has 0 spiro atoms. The molecule has 2 aromatic rings. The number of carbonyl (C=O) groups is 1. The Balaban J connectivity index is 1.82. The van der Waals surface area contributed by atoms with Gasteiger partial charge >= 0.3 is 0 Å². The summed E-state index contributed by atoms with van der Waals surface area (Å²) in [7, 11) is -3.61. The molecule has 0 radical (unpaired) electrons. The van der Waals surface area contributed by atoms with Crippen molar-refractivity contribution in [2.24, 2.45) is 0 Å². The summed E-state index contributed by atoms with van der Waals surface area (Å²) in [5.74, 6) is 0.382. The molecule has 1 atom stereocenters. The molecular weight excluding hydrogens is 376 g/mol. The highest BCUT2D eigenvalue weighted by Crippen LogP contribution is 2.39. The van der Waals surface area contributed by atoms with Gasteiger partial charge in [0.2, 0.25) is 15.9 Å². The van der Waals surface area contributed by atoms with E-state index in [0.29, 0.717) is 12.1 Å². The number of nitrogens with one attached hydrogen (secondary N) is 1. The van der Waals surface area contributed by atoms with E-state index in [-0.39, 0.29) is 18.5 Å². The summed E-state index contributed by atoms with van der Waals surface area (Å²) in [4.78, 5) is 12.8. The van der Waals surface area contributed by atoms with E-state index in [2.05, 4.69) is 5.32 Å². The van der Waals surface area contributed by atoms with Crippen LogP contribution in [0, 0.1) is 6.92 Å². The predicted molar refractivity (Wildman–Crippen MR) is 110 cm³/mol. The highest BCUT2D eigenvalue weighted by atomic mass is 32.2. The molecule has 150 valence electrons. The van der Waals surface area contributed by atoms with E-state index in [9.17, 15) is 13.2 Å². The maximum Gasteiger partial charge on any atom is 0.241 e. The Morgan fingerprint density at radius 1 is 1.21 bits per heavy atom. The maximum atomic E-state index is 12.8. The average molecular weight is 403 g/mol. The molecule has 0 bridgehead atoms. The van der Waals surface area contributed by atoms with E-state index in [1.54, 1.807) is 18.2 Å². The smallest absolute Gasteiger partial charge is 0.241 e. The number of nitrogens with zero attached hydrogens (tertiary/aromatic N) is 1. The lowest BCUT2D eigenvalue weighted by atomic mass is 9.89. The molecule has 0 aliphatic carbocycles. The summed E-state index contributed by atoms with van der Waals surface area (Å²) in [6.45, 7) is 5.54. The number of hydrogen-bond acceptors (Lipinski definition) is 4. The molecule has 1 unspecified atom stereocenters. The van der Waals surface area contributed by atoms with Crippen molar-refractivity contribution in [3.8, 4) is 5.75 Å². The van der Waals surface area contributed by atoms with Crippen LogP contribution in [0.3, 0.4) is 0 Å². The maximum absolute atomic E-state index is 12.8. The molecule has 0 aromatic heterocycles. The van der Waals surface area contributed by atoms with Gasteiger partial charge in [0.25, 0.3) is 0 Å². The number of ether oxygens (including phenoxy) is 1. The van der Waals surface area contributed by atoms with E-state index in [1.165, 1.54) is 0 Å². The molecule has 1 aliphatic heterocycles. The molecule has 1 amide bonds. The number of fused-ring (bicyclic) bond motifs is 1. The zero-order valence-electron chi connectivity index (χ0n) is 16.6. The van der Waals surface area contributed by atoms with Crippen LogP contribution in [0.5, 0.6) is 5.75 Å². The van der Waals surface area contributed by atoms with E-state index < -0.39 is 15.6 Å². The number of para-hydroxylation sites is 1. The van der Waals surface area contributed by atoms with Crippen LogP contribution in [-0.4, -0.2) is 32.7 Å². The molecule has 7 heteroatoms. The quantitative estimate of drug-likeness (QED) is 0.833. The summed E-state index contributed by atoms with van der Waals surface area (Å²) in [6, 6.07) is 14.4. The van der Waals surface area contributed by atoms with Crippen LogP contribution in [0.15, 0.2) is 48.5 Å². The van der Waals surface area contributed by atoms with E-state index in [4.69, 9.17) is 4.74 Å². The van der Waals surface area contributed by atoms with Gasteiger partial charge < -0.3 is 10.1 Å². The monoisotopic (exact) mass is 402 g/mol. The highest BCUT2D eigenvalue weighted by Gasteiger charge is 2.34. The zero-order valence-corrected chi connectivity index (χ0v) is 17.4. The lowest BCUT2D eigenvalue weighted by molar-refractivity contribution is -0.120. The Kier molecular flexibility index (Phi) is 5.39. The van der Waals surface area contributed by atoms with E-state index >= 15 is 0 Å². The third-order valence-electron chi connectivity index (χ3n) is 4.69. The Hall–Kier alpha value is -2.54. The van der Waals surface area contributed by atoms with Crippen molar-refractivity contribution >= 4 is 21.6 Å². The van der Waals surface area contributed by atoms with Crippen LogP contribution in [0.2, 0.25) is 0 Å². The summed E-state index contributed by atoms with van der Waals surface area (Å²) in [6.07, 6.45) is 1.70. The first-order valence-corrected chi connectivity index (χ1v) is 11.0. The second-order valence-electron chi connectivity index (χ2n) is 7.83. The molecule has 28 heavy (non-hydrogen) atoms. The largest absolute Gasteiger partial charge is 0.487 e. The minimum absolute atomic E-state index is 0.244. The Labute approximate surface area is 166 Å². The van der Waals surface area contributed by atoms with Gasteiger partial charge in [-0.05, 0) is 44.5 Å². The standard InChI is InChI=1S/C21H26N2O4S/c1-15-8-7-9-16(12-15)23(28(4,25)26)14-20(24)22-18-13-21(2,3)27-19-11-6-5-10-17(18)19/h5-12,18H,13-14H2,1-4H3,(H,22,24). The lowest BCUT2D eigenvalue weighted by Crippen LogP contribution is -2.45. The van der Waals surface area contributed by atoms with Gasteiger partial charge in [-0.2, -0.15) is 0 Å². The third-order valence-corrected chi connectivity index (χ3v) is 5.83. The third kappa shape index (κ3) is 4.65. The molecule has 3 rings (SSSR count). The number of carbonyl (C=O) groups excluding carboxylic acids is 1. The number of aryl methyl sites for hydroxylation is 1. The topological polar surface area (TPSA) is 75.7 Å². The summed E-state index contributed by atoms with van der Waals surface area (Å²) in [5, 5.41) is 2.99. The summed E-state index contributed by atoms with van der Waals surface area (Å²) in [5.41, 5.74) is 1.87. The minimum Gasteiger partial charge on any atom is -0.487 e. The molecule has 1 heterocycles. The lowest BCUT2D eigenvalue weighted by Gasteiger charge is -2.38. The summed E-state index contributed by atoms with van der Waals surface area (Å²) < 4.78 is 31.7. The average Bonchev–Trinajstić information content (AvgIpc) is 2.57. The van der Waals surface area contributed by atoms with Crippen LogP contribution < -0.4 is 14.4 Å². The van der Waals surface area contributed by atoms with Crippen molar-refractivity contribution in [1.82, 2.24) is 5.32 Å². The highest BCUT2D eigenvalue weighted by molar-refractivity contribution is 7.92. The van der Waals surface area contributed by atoms with Gasteiger partial charge in [0, 0.05) is 12.0 Å². The Morgan fingerprint density at radius 2 is 1.93 bits per heavy atom. The van der Waals surface area contributed by atoms with Gasteiger partial charge in [-0.1, -0.05) is 30.3 Å². The van der Waals surface area contributed by atoms with Crippen molar-refractivity contribution in [3.63, 3.8) is 0 Å². The molecule has 0 fully saturated rings. The second-order valence-corrected chi connectivity index (χ2v) is 9.74. The van der Waals surface area contributed by atoms with Crippen molar-refractivity contribution in [3.05, 3.63) is 59.7 Å². The number of rotatable bonds is 5. The van der Waals surface area contributed by atoms with Crippen LogP contribution >= 0.6 is 0 Å². The van der Waals surface area contributed by atoms with Gasteiger partial charge in [-0.15, -0.1) is 0 Å². The second kappa shape index (κ2) is 7.47. The molecule has 6 nitrogen and oxygen atoms in total. The van der Waals surface area contributed by atoms with Crippen LogP contribution in [-0.2, 0) is 14.8 Å². The van der Waals surface area contributed by atoms with Gasteiger partial charge in [-0.25, -0.2) is 8.42 Å². The van der Waals surface area contributed by atoms with Gasteiger partial charge in [0.05, 0.1) is 18.0 Å². The first-order chi connectivity index (χ1) is 13.0. The number of anilines is 1. The zero-order chi connectivity index (χ0) is 20.5. The van der Waals surface area contributed by atoms with Crippen molar-refractivity contribution < 1.29 is 17.9 Å². The molecule has 0 saturated heterocycles. The molecular formula is C21H26N2O4S.